The smallest absolute Gasteiger partial charge is 0.128 e. The lowest BCUT2D eigenvalue weighted by Crippen LogP contribution is -2.30. The van der Waals surface area contributed by atoms with Gasteiger partial charge in [0.05, 0.1) is 6.04 Å². The highest BCUT2D eigenvalue weighted by molar-refractivity contribution is 7.98. The van der Waals surface area contributed by atoms with Crippen LogP contribution in [0.5, 0.6) is 0 Å². The first-order valence-electron chi connectivity index (χ1n) is 4.36. The summed E-state index contributed by atoms with van der Waals surface area (Å²) in [6.07, 6.45) is 3.79. The predicted octanol–water partition coefficient (Wildman–Crippen LogP) is 0.840. The van der Waals surface area contributed by atoms with Crippen LogP contribution in [0.25, 0.3) is 0 Å². The Hall–Kier alpha value is -0.780. The molecule has 1 atom stereocenters. The Kier molecular flexibility index (Phi) is 4.19. The molecule has 0 aromatic carbocycles. The van der Waals surface area contributed by atoms with E-state index in [0.717, 1.165) is 16.9 Å². The zero-order valence-corrected chi connectivity index (χ0v) is 9.27. The van der Waals surface area contributed by atoms with Crippen LogP contribution < -0.4 is 17.0 Å². The summed E-state index contributed by atoms with van der Waals surface area (Å²) in [5.41, 5.74) is 10.6. The number of nitrogens with zero attached hydrogens (tertiary/aromatic N) is 1. The van der Waals surface area contributed by atoms with E-state index in [1.54, 1.807) is 18.0 Å². The van der Waals surface area contributed by atoms with Gasteiger partial charge in [-0.3, -0.25) is 11.3 Å². The molecule has 0 aliphatic heterocycles. The normalized spacial score (nSPS) is 12.8. The molecule has 1 heterocycles. The second-order valence-corrected chi connectivity index (χ2v) is 4.07. The van der Waals surface area contributed by atoms with Crippen molar-refractivity contribution in [3.8, 4) is 0 Å². The number of hydrogen-bond donors (Lipinski definition) is 3. The largest absolute Gasteiger partial charge is 0.383 e. The standard InChI is InChI=1S/C9H16N4S/c1-6-3-7(9(10)12-4-6)8(13-11)5-14-2/h3-4,8,13H,5,11H2,1-2H3,(H2,10,12). The number of aromatic nitrogens is 1. The van der Waals surface area contributed by atoms with Crippen LogP contribution in [-0.4, -0.2) is 17.0 Å². The first kappa shape index (κ1) is 11.3. The third kappa shape index (κ3) is 2.60. The van der Waals surface area contributed by atoms with Crippen LogP contribution in [0, 0.1) is 6.92 Å². The van der Waals surface area contributed by atoms with E-state index in [-0.39, 0.29) is 6.04 Å². The van der Waals surface area contributed by atoms with Crippen LogP contribution in [-0.2, 0) is 0 Å². The monoisotopic (exact) mass is 212 g/mol. The summed E-state index contributed by atoms with van der Waals surface area (Å²) in [4.78, 5) is 4.10. The van der Waals surface area contributed by atoms with Gasteiger partial charge in [-0.15, -0.1) is 0 Å². The minimum absolute atomic E-state index is 0.0670. The lowest BCUT2D eigenvalue weighted by Gasteiger charge is -2.16. The van der Waals surface area contributed by atoms with Gasteiger partial charge in [-0.1, -0.05) is 0 Å². The first-order chi connectivity index (χ1) is 6.69. The zero-order valence-electron chi connectivity index (χ0n) is 8.45. The third-order valence-electron chi connectivity index (χ3n) is 2.00. The molecule has 0 amide bonds. The summed E-state index contributed by atoms with van der Waals surface area (Å²) in [5, 5.41) is 0. The van der Waals surface area contributed by atoms with Gasteiger partial charge in [0.2, 0.25) is 0 Å². The fourth-order valence-corrected chi connectivity index (χ4v) is 1.88. The van der Waals surface area contributed by atoms with Crippen molar-refractivity contribution in [2.24, 2.45) is 5.84 Å². The molecule has 0 saturated heterocycles. The van der Waals surface area contributed by atoms with Crippen molar-refractivity contribution < 1.29 is 0 Å². The van der Waals surface area contributed by atoms with Gasteiger partial charge in [-0.05, 0) is 24.8 Å². The van der Waals surface area contributed by atoms with Crippen LogP contribution in [0.15, 0.2) is 12.3 Å². The van der Waals surface area contributed by atoms with E-state index in [1.165, 1.54) is 0 Å². The Morgan fingerprint density at radius 2 is 2.36 bits per heavy atom. The molecule has 1 unspecified atom stereocenters. The summed E-state index contributed by atoms with van der Waals surface area (Å²) < 4.78 is 0. The summed E-state index contributed by atoms with van der Waals surface area (Å²) in [7, 11) is 0. The van der Waals surface area contributed by atoms with E-state index >= 15 is 0 Å². The minimum atomic E-state index is 0.0670. The molecule has 0 bridgehead atoms. The molecule has 0 aliphatic rings. The highest BCUT2D eigenvalue weighted by atomic mass is 32.2. The quantitative estimate of drug-likeness (QED) is 0.509. The van der Waals surface area contributed by atoms with Crippen molar-refractivity contribution in [2.75, 3.05) is 17.7 Å². The van der Waals surface area contributed by atoms with Gasteiger partial charge in [0, 0.05) is 17.5 Å². The van der Waals surface area contributed by atoms with Crippen LogP contribution in [0.1, 0.15) is 17.2 Å². The van der Waals surface area contributed by atoms with E-state index in [2.05, 4.69) is 10.4 Å². The number of nitrogens with one attached hydrogen (secondary N) is 1. The van der Waals surface area contributed by atoms with E-state index in [9.17, 15) is 0 Å². The maximum absolute atomic E-state index is 5.78. The number of thioether (sulfide) groups is 1. The Morgan fingerprint density at radius 3 is 2.93 bits per heavy atom. The lowest BCUT2D eigenvalue weighted by atomic mass is 10.1. The van der Waals surface area contributed by atoms with Gasteiger partial charge in [-0.2, -0.15) is 11.8 Å². The van der Waals surface area contributed by atoms with E-state index in [1.807, 2.05) is 19.2 Å². The topological polar surface area (TPSA) is 77.0 Å². The molecule has 0 radical (unpaired) electrons. The number of anilines is 1. The van der Waals surface area contributed by atoms with Crippen LogP contribution in [0.2, 0.25) is 0 Å². The van der Waals surface area contributed by atoms with Gasteiger partial charge in [0.1, 0.15) is 5.82 Å². The van der Waals surface area contributed by atoms with Gasteiger partial charge >= 0.3 is 0 Å². The Morgan fingerprint density at radius 1 is 1.64 bits per heavy atom. The zero-order chi connectivity index (χ0) is 10.6. The number of pyridine rings is 1. The van der Waals surface area contributed by atoms with Gasteiger partial charge in [0.25, 0.3) is 0 Å². The van der Waals surface area contributed by atoms with Crippen molar-refractivity contribution in [3.05, 3.63) is 23.4 Å². The van der Waals surface area contributed by atoms with Crippen molar-refractivity contribution in [2.45, 2.75) is 13.0 Å². The summed E-state index contributed by atoms with van der Waals surface area (Å²) in [5.74, 6) is 6.89. The molecular weight excluding hydrogens is 196 g/mol. The Labute approximate surface area is 88.4 Å². The lowest BCUT2D eigenvalue weighted by molar-refractivity contribution is 0.610. The van der Waals surface area contributed by atoms with Crippen molar-refractivity contribution in [1.29, 1.82) is 0 Å². The molecule has 5 N–H and O–H groups in total. The number of nitrogen functional groups attached to an aromatic ring is 1. The van der Waals surface area contributed by atoms with E-state index in [0.29, 0.717) is 5.82 Å². The van der Waals surface area contributed by atoms with Crippen LogP contribution in [0.3, 0.4) is 0 Å². The fraction of sp³-hybridized carbons (Fsp3) is 0.444. The van der Waals surface area contributed by atoms with Gasteiger partial charge < -0.3 is 5.73 Å². The van der Waals surface area contributed by atoms with Crippen molar-refractivity contribution >= 4 is 17.6 Å². The molecule has 0 aliphatic carbocycles. The SMILES string of the molecule is CSCC(NN)c1cc(C)cnc1N. The minimum Gasteiger partial charge on any atom is -0.383 e. The maximum Gasteiger partial charge on any atom is 0.128 e. The fourth-order valence-electron chi connectivity index (χ4n) is 1.28. The van der Waals surface area contributed by atoms with E-state index < -0.39 is 0 Å². The molecule has 0 spiro atoms. The number of rotatable bonds is 4. The number of hydrazine groups is 1. The number of nitrogens with two attached hydrogens (primary N) is 2. The van der Waals surface area contributed by atoms with Gasteiger partial charge in [0.15, 0.2) is 0 Å². The molecule has 0 fully saturated rings. The average Bonchev–Trinajstić information content (AvgIpc) is 2.18. The third-order valence-corrected chi connectivity index (χ3v) is 2.66. The Bertz CT molecular complexity index is 303. The molecule has 78 valence electrons. The van der Waals surface area contributed by atoms with Crippen molar-refractivity contribution in [3.63, 3.8) is 0 Å². The van der Waals surface area contributed by atoms with Crippen LogP contribution >= 0.6 is 11.8 Å². The summed E-state index contributed by atoms with van der Waals surface area (Å²) >= 11 is 1.72. The molecule has 5 heteroatoms. The molecule has 1 aromatic heterocycles. The summed E-state index contributed by atoms with van der Waals surface area (Å²) in [6, 6.07) is 2.08. The molecule has 4 nitrogen and oxygen atoms in total. The number of hydrogen-bond acceptors (Lipinski definition) is 5. The molecule has 1 aromatic rings. The average molecular weight is 212 g/mol. The summed E-state index contributed by atoms with van der Waals surface area (Å²) in [6.45, 7) is 1.99. The molecule has 0 saturated carbocycles. The van der Waals surface area contributed by atoms with Crippen LogP contribution in [0.4, 0.5) is 5.82 Å². The van der Waals surface area contributed by atoms with Gasteiger partial charge in [-0.25, -0.2) is 4.98 Å². The first-order valence-corrected chi connectivity index (χ1v) is 5.75. The maximum atomic E-state index is 5.78. The number of aryl methyl sites for hydroxylation is 1. The highest BCUT2D eigenvalue weighted by Gasteiger charge is 2.12. The second kappa shape index (κ2) is 5.19. The molecule has 1 rings (SSSR count). The molecular formula is C9H16N4S. The van der Waals surface area contributed by atoms with E-state index in [4.69, 9.17) is 11.6 Å². The molecule has 14 heavy (non-hydrogen) atoms. The second-order valence-electron chi connectivity index (χ2n) is 3.16. The van der Waals surface area contributed by atoms with Crippen molar-refractivity contribution in [1.82, 2.24) is 10.4 Å². The predicted molar refractivity (Wildman–Crippen MR) is 61.8 cm³/mol. The highest BCUT2D eigenvalue weighted by Crippen LogP contribution is 2.21. The Balaban J connectivity index is 2.96.